The number of amides is 2. The second kappa shape index (κ2) is 8.10. The summed E-state index contributed by atoms with van der Waals surface area (Å²) in [4.78, 5) is 18.4. The Hall–Kier alpha value is -2.38. The van der Waals surface area contributed by atoms with Crippen LogP contribution in [-0.4, -0.2) is 41.6 Å². The smallest absolute Gasteiger partial charge is 0.321 e. The first-order valence-corrected chi connectivity index (χ1v) is 9.73. The number of urea groups is 1. The second-order valence-electron chi connectivity index (χ2n) is 7.56. The number of hydrogen-bond acceptors (Lipinski definition) is 5. The third-order valence-electron chi connectivity index (χ3n) is 5.69. The van der Waals surface area contributed by atoms with Crippen LogP contribution in [0.2, 0.25) is 0 Å². The molecule has 1 aliphatic heterocycles. The van der Waals surface area contributed by atoms with Crippen molar-refractivity contribution in [1.82, 2.24) is 20.7 Å². The average molecular weight is 369 g/mol. The van der Waals surface area contributed by atoms with Crippen LogP contribution in [0.4, 0.5) is 10.5 Å². The predicted molar refractivity (Wildman–Crippen MR) is 104 cm³/mol. The number of fused-ring (bicyclic) bond motifs is 1. The molecule has 3 unspecified atom stereocenters. The molecule has 0 radical (unpaired) electrons. The molecule has 0 bridgehead atoms. The molecule has 2 fully saturated rings. The number of oxazole rings is 1. The molecule has 27 heavy (non-hydrogen) atoms. The van der Waals surface area contributed by atoms with E-state index in [4.69, 9.17) is 4.42 Å². The maximum atomic E-state index is 12.7. The van der Waals surface area contributed by atoms with Crippen molar-refractivity contribution in [2.75, 3.05) is 18.9 Å². The Balaban J connectivity index is 1.36. The number of carbonyl (C=O) groups is 1. The van der Waals surface area contributed by atoms with Gasteiger partial charge in [-0.15, -0.1) is 0 Å². The van der Waals surface area contributed by atoms with Crippen molar-refractivity contribution < 1.29 is 9.21 Å². The number of benzene rings is 1. The van der Waals surface area contributed by atoms with E-state index in [0.29, 0.717) is 30.3 Å². The molecule has 1 saturated carbocycles. The lowest BCUT2D eigenvalue weighted by atomic mass is 9.90. The summed E-state index contributed by atoms with van der Waals surface area (Å²) in [6.07, 6.45) is 9.40. The molecular weight excluding hydrogens is 342 g/mol. The van der Waals surface area contributed by atoms with Gasteiger partial charge in [-0.1, -0.05) is 31.4 Å². The van der Waals surface area contributed by atoms with Crippen LogP contribution in [0.3, 0.4) is 0 Å². The lowest BCUT2D eigenvalue weighted by Crippen LogP contribution is -2.44. The number of aromatic nitrogens is 1. The molecule has 0 spiro atoms. The lowest BCUT2D eigenvalue weighted by Gasteiger charge is -2.26. The van der Waals surface area contributed by atoms with Gasteiger partial charge in [-0.2, -0.15) is 0 Å². The number of anilines is 1. The van der Waals surface area contributed by atoms with E-state index in [9.17, 15) is 4.79 Å². The second-order valence-corrected chi connectivity index (χ2v) is 7.56. The van der Waals surface area contributed by atoms with Crippen LogP contribution < -0.4 is 16.2 Å². The zero-order valence-corrected chi connectivity index (χ0v) is 15.6. The highest BCUT2D eigenvalue weighted by atomic mass is 16.3. The summed E-state index contributed by atoms with van der Waals surface area (Å²) in [5.41, 5.74) is 8.48. The molecule has 1 aliphatic carbocycles. The molecule has 1 aromatic heterocycles. The Morgan fingerprint density at radius 2 is 2.19 bits per heavy atom. The number of nitrogens with one attached hydrogen (secondary N) is 3. The van der Waals surface area contributed by atoms with E-state index in [2.05, 4.69) is 21.2 Å². The summed E-state index contributed by atoms with van der Waals surface area (Å²) in [6, 6.07) is 8.32. The van der Waals surface area contributed by atoms with Crippen LogP contribution >= 0.6 is 0 Å². The number of rotatable bonds is 4. The van der Waals surface area contributed by atoms with Crippen molar-refractivity contribution in [3.8, 4) is 11.3 Å². The van der Waals surface area contributed by atoms with Crippen LogP contribution in [0.5, 0.6) is 0 Å². The molecule has 1 aromatic carbocycles. The number of nitrogens with zero attached hydrogens (tertiary/aromatic N) is 2. The normalized spacial score (nSPS) is 24.9. The topological polar surface area (TPSA) is 82.4 Å². The zero-order valence-electron chi connectivity index (χ0n) is 15.6. The molecule has 2 aliphatic rings. The molecule has 144 valence electrons. The van der Waals surface area contributed by atoms with Gasteiger partial charge in [0.05, 0.1) is 6.20 Å². The van der Waals surface area contributed by atoms with Crippen LogP contribution in [0, 0.1) is 5.92 Å². The highest BCUT2D eigenvalue weighted by molar-refractivity contribution is 5.89. The standard InChI is InChI=1S/C20H27N5O2/c1-25(12-18-16-8-3-2-4-9-17(16)23-24-18)20(26)22-15-7-5-6-14(10-15)19-11-21-13-27-19/h5-7,10-11,13,16-18,23-24H,2-4,8-9,12H2,1H3,(H,22,26). The van der Waals surface area contributed by atoms with Crippen LogP contribution in [-0.2, 0) is 0 Å². The fourth-order valence-electron chi connectivity index (χ4n) is 4.20. The molecule has 2 amide bonds. The minimum Gasteiger partial charge on any atom is -0.444 e. The van der Waals surface area contributed by atoms with Gasteiger partial charge in [-0.25, -0.2) is 9.78 Å². The summed E-state index contributed by atoms with van der Waals surface area (Å²) in [5, 5.41) is 2.98. The highest BCUT2D eigenvalue weighted by Gasteiger charge is 2.37. The van der Waals surface area contributed by atoms with Crippen molar-refractivity contribution in [3.63, 3.8) is 0 Å². The Labute approximate surface area is 159 Å². The molecule has 3 atom stereocenters. The molecular formula is C20H27N5O2. The zero-order chi connectivity index (χ0) is 18.6. The van der Waals surface area contributed by atoms with Crippen molar-refractivity contribution >= 4 is 11.7 Å². The molecule has 3 N–H and O–H groups in total. The molecule has 1 saturated heterocycles. The molecule has 2 aromatic rings. The Morgan fingerprint density at radius 3 is 3.04 bits per heavy atom. The molecule has 7 nitrogen and oxygen atoms in total. The Kier molecular flexibility index (Phi) is 5.40. The van der Waals surface area contributed by atoms with Crippen molar-refractivity contribution in [1.29, 1.82) is 0 Å². The SMILES string of the molecule is CN(CC1NNC2CCCCCC21)C(=O)Nc1cccc(-c2cnco2)c1. The Morgan fingerprint density at radius 1 is 1.30 bits per heavy atom. The summed E-state index contributed by atoms with van der Waals surface area (Å²) >= 11 is 0. The van der Waals surface area contributed by atoms with Crippen LogP contribution in [0.25, 0.3) is 11.3 Å². The number of hydrogen-bond donors (Lipinski definition) is 3. The monoisotopic (exact) mass is 369 g/mol. The maximum Gasteiger partial charge on any atom is 0.321 e. The Bertz CT molecular complexity index is 763. The van der Waals surface area contributed by atoms with E-state index >= 15 is 0 Å². The number of hydrazine groups is 1. The van der Waals surface area contributed by atoms with E-state index in [0.717, 1.165) is 11.3 Å². The lowest BCUT2D eigenvalue weighted by molar-refractivity contribution is 0.212. The molecule has 7 heteroatoms. The van der Waals surface area contributed by atoms with Gasteiger partial charge >= 0.3 is 6.03 Å². The first kappa shape index (κ1) is 18.0. The van der Waals surface area contributed by atoms with Crippen molar-refractivity contribution in [2.24, 2.45) is 5.92 Å². The third-order valence-corrected chi connectivity index (χ3v) is 5.69. The van der Waals surface area contributed by atoms with Crippen LogP contribution in [0.1, 0.15) is 32.1 Å². The van der Waals surface area contributed by atoms with E-state index in [1.165, 1.54) is 38.5 Å². The van der Waals surface area contributed by atoms with Gasteiger partial charge in [0.25, 0.3) is 0 Å². The maximum absolute atomic E-state index is 12.7. The fraction of sp³-hybridized carbons (Fsp3) is 0.500. The average Bonchev–Trinajstić information content (AvgIpc) is 3.27. The third kappa shape index (κ3) is 4.14. The van der Waals surface area contributed by atoms with Gasteiger partial charge in [0.1, 0.15) is 0 Å². The summed E-state index contributed by atoms with van der Waals surface area (Å²) in [7, 11) is 1.85. The van der Waals surface area contributed by atoms with Gasteiger partial charge in [-0.3, -0.25) is 10.9 Å². The fourth-order valence-corrected chi connectivity index (χ4v) is 4.20. The first-order chi connectivity index (χ1) is 13.2. The summed E-state index contributed by atoms with van der Waals surface area (Å²) < 4.78 is 5.33. The van der Waals surface area contributed by atoms with E-state index in [-0.39, 0.29) is 6.03 Å². The van der Waals surface area contributed by atoms with Gasteiger partial charge in [0.15, 0.2) is 12.2 Å². The van der Waals surface area contributed by atoms with Crippen molar-refractivity contribution in [3.05, 3.63) is 36.9 Å². The first-order valence-electron chi connectivity index (χ1n) is 9.73. The van der Waals surface area contributed by atoms with Gasteiger partial charge < -0.3 is 14.6 Å². The van der Waals surface area contributed by atoms with Gasteiger partial charge in [0.2, 0.25) is 0 Å². The molecule has 4 rings (SSSR count). The van der Waals surface area contributed by atoms with Gasteiger partial charge in [0, 0.05) is 36.9 Å². The summed E-state index contributed by atoms with van der Waals surface area (Å²) in [6.45, 7) is 0.682. The minimum absolute atomic E-state index is 0.108. The van der Waals surface area contributed by atoms with E-state index in [1.807, 2.05) is 31.3 Å². The summed E-state index contributed by atoms with van der Waals surface area (Å²) in [5.74, 6) is 1.28. The van der Waals surface area contributed by atoms with E-state index < -0.39 is 0 Å². The predicted octanol–water partition coefficient (Wildman–Crippen LogP) is 3.23. The number of carbonyl (C=O) groups excluding carboxylic acids is 1. The quantitative estimate of drug-likeness (QED) is 0.771. The number of likely N-dealkylation sites (N-methyl/N-ethyl adjacent to an activating group) is 1. The largest absolute Gasteiger partial charge is 0.444 e. The minimum atomic E-state index is -0.108. The van der Waals surface area contributed by atoms with Crippen molar-refractivity contribution in [2.45, 2.75) is 44.2 Å². The molecule has 2 heterocycles. The van der Waals surface area contributed by atoms with Gasteiger partial charge in [-0.05, 0) is 30.9 Å². The highest BCUT2D eigenvalue weighted by Crippen LogP contribution is 2.29. The van der Waals surface area contributed by atoms with E-state index in [1.54, 1.807) is 11.1 Å². The van der Waals surface area contributed by atoms with Crippen LogP contribution in [0.15, 0.2) is 41.3 Å².